The molecule has 4 rings (SSSR count). The lowest BCUT2D eigenvalue weighted by Crippen LogP contribution is -2.44. The molecule has 1 atom stereocenters. The zero-order valence-corrected chi connectivity index (χ0v) is 14.9. The van der Waals surface area contributed by atoms with Crippen LogP contribution >= 0.6 is 0 Å². The quantitative estimate of drug-likeness (QED) is 0.896. The summed E-state index contributed by atoms with van der Waals surface area (Å²) in [4.78, 5) is 27.0. The second kappa shape index (κ2) is 6.47. The van der Waals surface area contributed by atoms with Gasteiger partial charge in [0.2, 0.25) is 11.8 Å². The average Bonchev–Trinajstić information content (AvgIpc) is 3.05. The first-order valence-electron chi connectivity index (χ1n) is 9.80. The molecule has 4 nitrogen and oxygen atoms in total. The van der Waals surface area contributed by atoms with Gasteiger partial charge in [-0.05, 0) is 43.1 Å². The van der Waals surface area contributed by atoms with Crippen LogP contribution in [0.3, 0.4) is 0 Å². The number of nitrogens with one attached hydrogen (secondary N) is 1. The van der Waals surface area contributed by atoms with E-state index in [0.29, 0.717) is 19.5 Å². The van der Waals surface area contributed by atoms with Crippen LogP contribution in [-0.2, 0) is 15.0 Å². The van der Waals surface area contributed by atoms with Crippen molar-refractivity contribution in [2.45, 2.75) is 56.8 Å². The highest BCUT2D eigenvalue weighted by Gasteiger charge is 2.72. The highest BCUT2D eigenvalue weighted by atomic mass is 16.2. The number of nitrogens with zero attached hydrogens (tertiary/aromatic N) is 1. The Hall–Kier alpha value is -1.84. The third kappa shape index (κ3) is 2.76. The number of benzene rings is 1. The lowest BCUT2D eigenvalue weighted by atomic mass is 9.84. The number of piperidine rings is 1. The smallest absolute Gasteiger partial charge is 0.231 e. The molecule has 2 amide bonds. The van der Waals surface area contributed by atoms with Gasteiger partial charge in [-0.2, -0.15) is 0 Å². The highest BCUT2D eigenvalue weighted by molar-refractivity contribution is 5.93. The Kier molecular flexibility index (Phi) is 4.30. The molecule has 0 radical (unpaired) electrons. The third-order valence-electron chi connectivity index (χ3n) is 6.69. The van der Waals surface area contributed by atoms with Crippen LogP contribution in [0.5, 0.6) is 0 Å². The number of likely N-dealkylation sites (tertiary alicyclic amines) is 1. The number of hydrogen-bond donors (Lipinski definition) is 1. The van der Waals surface area contributed by atoms with Crippen LogP contribution in [0.2, 0.25) is 0 Å². The summed E-state index contributed by atoms with van der Waals surface area (Å²) in [5.74, 6) is 0.405. The van der Waals surface area contributed by atoms with Gasteiger partial charge in [-0.3, -0.25) is 9.59 Å². The average molecular weight is 340 g/mol. The van der Waals surface area contributed by atoms with E-state index in [1.165, 1.54) is 31.2 Å². The second-order valence-corrected chi connectivity index (χ2v) is 8.03. The first kappa shape index (κ1) is 16.6. The standard InChI is InChI=1S/C21H28N2O2/c24-18-10-4-7-14-23(18)15-13-22-19(25)21(17-8-2-1-3-9-17)16-20(21)11-5-6-12-20/h1-3,8-9H,4-7,10-16H2,(H,22,25)/t21-/m0/s1. The van der Waals surface area contributed by atoms with Crippen molar-refractivity contribution in [2.24, 2.45) is 5.41 Å². The molecular formula is C21H28N2O2. The summed E-state index contributed by atoms with van der Waals surface area (Å²) in [6.45, 7) is 2.04. The third-order valence-corrected chi connectivity index (χ3v) is 6.69. The minimum Gasteiger partial charge on any atom is -0.354 e. The maximum atomic E-state index is 13.2. The van der Waals surface area contributed by atoms with Crippen LogP contribution in [0.25, 0.3) is 0 Å². The minimum atomic E-state index is -0.337. The number of carbonyl (C=O) groups excluding carboxylic acids is 2. The van der Waals surface area contributed by atoms with Crippen LogP contribution in [0, 0.1) is 5.41 Å². The van der Waals surface area contributed by atoms with Gasteiger partial charge in [0, 0.05) is 26.1 Å². The van der Waals surface area contributed by atoms with Gasteiger partial charge in [0.1, 0.15) is 0 Å². The second-order valence-electron chi connectivity index (χ2n) is 8.03. The fraction of sp³-hybridized carbons (Fsp3) is 0.619. The van der Waals surface area contributed by atoms with E-state index in [9.17, 15) is 9.59 Å². The fourth-order valence-electron chi connectivity index (χ4n) is 5.26. The molecule has 1 N–H and O–H groups in total. The SMILES string of the molecule is O=C1CCCCN1CCNC(=O)[C@@]1(c2ccccc2)CC12CCCC2. The van der Waals surface area contributed by atoms with Crippen molar-refractivity contribution in [3.05, 3.63) is 35.9 Å². The monoisotopic (exact) mass is 340 g/mol. The molecule has 3 fully saturated rings. The lowest BCUT2D eigenvalue weighted by Gasteiger charge is -2.28. The Bertz CT molecular complexity index is 651. The molecule has 1 aromatic carbocycles. The van der Waals surface area contributed by atoms with Gasteiger partial charge in [0.25, 0.3) is 0 Å². The Morgan fingerprint density at radius 1 is 1.08 bits per heavy atom. The van der Waals surface area contributed by atoms with Crippen molar-refractivity contribution >= 4 is 11.8 Å². The molecule has 1 aromatic rings. The van der Waals surface area contributed by atoms with Gasteiger partial charge in [0.05, 0.1) is 5.41 Å². The van der Waals surface area contributed by atoms with Crippen LogP contribution < -0.4 is 5.32 Å². The van der Waals surface area contributed by atoms with Crippen molar-refractivity contribution in [1.82, 2.24) is 10.2 Å². The minimum absolute atomic E-state index is 0.171. The molecule has 2 saturated carbocycles. The summed E-state index contributed by atoms with van der Waals surface area (Å²) in [7, 11) is 0. The molecular weight excluding hydrogens is 312 g/mol. The molecule has 4 heteroatoms. The van der Waals surface area contributed by atoms with E-state index in [-0.39, 0.29) is 22.6 Å². The topological polar surface area (TPSA) is 49.4 Å². The van der Waals surface area contributed by atoms with Crippen molar-refractivity contribution in [1.29, 1.82) is 0 Å². The molecule has 0 aromatic heterocycles. The number of hydrogen-bond acceptors (Lipinski definition) is 2. The number of rotatable bonds is 5. The normalized spacial score (nSPS) is 27.5. The molecule has 1 saturated heterocycles. The van der Waals surface area contributed by atoms with Gasteiger partial charge in [-0.1, -0.05) is 43.2 Å². The lowest BCUT2D eigenvalue weighted by molar-refractivity contribution is -0.133. The molecule has 3 aliphatic rings. The van der Waals surface area contributed by atoms with E-state index in [1.807, 2.05) is 23.1 Å². The van der Waals surface area contributed by atoms with Crippen LogP contribution in [0.15, 0.2) is 30.3 Å². The van der Waals surface area contributed by atoms with E-state index in [2.05, 4.69) is 17.4 Å². The fourth-order valence-corrected chi connectivity index (χ4v) is 5.26. The first-order valence-corrected chi connectivity index (χ1v) is 9.80. The van der Waals surface area contributed by atoms with E-state index < -0.39 is 0 Å². The Labute approximate surface area is 150 Å². The van der Waals surface area contributed by atoms with Crippen LogP contribution in [0.1, 0.15) is 56.9 Å². The molecule has 2 aliphatic carbocycles. The predicted octanol–water partition coefficient (Wildman–Crippen LogP) is 3.02. The largest absolute Gasteiger partial charge is 0.354 e. The summed E-state index contributed by atoms with van der Waals surface area (Å²) < 4.78 is 0. The summed E-state index contributed by atoms with van der Waals surface area (Å²) in [5, 5.41) is 3.17. The summed E-state index contributed by atoms with van der Waals surface area (Å²) in [6.07, 6.45) is 8.54. The van der Waals surface area contributed by atoms with Gasteiger partial charge in [0.15, 0.2) is 0 Å². The van der Waals surface area contributed by atoms with Gasteiger partial charge in [-0.25, -0.2) is 0 Å². The highest BCUT2D eigenvalue weighted by Crippen LogP contribution is 2.72. The van der Waals surface area contributed by atoms with Crippen molar-refractivity contribution < 1.29 is 9.59 Å². The maximum Gasteiger partial charge on any atom is 0.231 e. The van der Waals surface area contributed by atoms with E-state index in [4.69, 9.17) is 0 Å². The molecule has 25 heavy (non-hydrogen) atoms. The maximum absolute atomic E-state index is 13.2. The summed E-state index contributed by atoms with van der Waals surface area (Å²) in [5.41, 5.74) is 1.01. The summed E-state index contributed by atoms with van der Waals surface area (Å²) >= 11 is 0. The number of carbonyl (C=O) groups is 2. The van der Waals surface area contributed by atoms with E-state index in [1.54, 1.807) is 0 Å². The van der Waals surface area contributed by atoms with Crippen molar-refractivity contribution in [3.8, 4) is 0 Å². The number of amides is 2. The molecule has 1 aliphatic heterocycles. The van der Waals surface area contributed by atoms with Crippen LogP contribution in [0.4, 0.5) is 0 Å². The summed E-state index contributed by atoms with van der Waals surface area (Å²) in [6, 6.07) is 10.3. The van der Waals surface area contributed by atoms with E-state index in [0.717, 1.165) is 25.8 Å². The van der Waals surface area contributed by atoms with Gasteiger partial charge >= 0.3 is 0 Å². The van der Waals surface area contributed by atoms with Gasteiger partial charge < -0.3 is 10.2 Å². The van der Waals surface area contributed by atoms with Crippen LogP contribution in [-0.4, -0.2) is 36.3 Å². The van der Waals surface area contributed by atoms with Gasteiger partial charge in [-0.15, -0.1) is 0 Å². The van der Waals surface area contributed by atoms with Crippen molar-refractivity contribution in [2.75, 3.05) is 19.6 Å². The molecule has 1 heterocycles. The van der Waals surface area contributed by atoms with Crippen molar-refractivity contribution in [3.63, 3.8) is 0 Å². The van der Waals surface area contributed by atoms with E-state index >= 15 is 0 Å². The zero-order chi connectivity index (χ0) is 17.3. The Balaban J connectivity index is 1.44. The predicted molar refractivity (Wildman–Crippen MR) is 97.1 cm³/mol. The first-order chi connectivity index (χ1) is 12.2. The molecule has 134 valence electrons. The Morgan fingerprint density at radius 3 is 2.56 bits per heavy atom. The molecule has 0 bridgehead atoms. The molecule has 0 unspecified atom stereocenters. The zero-order valence-electron chi connectivity index (χ0n) is 14.9. The Morgan fingerprint density at radius 2 is 1.84 bits per heavy atom. The molecule has 1 spiro atoms.